The Balaban J connectivity index is 2.81. The van der Waals surface area contributed by atoms with Gasteiger partial charge in [-0.3, -0.25) is 0 Å². The highest BCUT2D eigenvalue weighted by atomic mass is 16.4. The van der Waals surface area contributed by atoms with Gasteiger partial charge in [0, 0.05) is 0 Å². The summed E-state index contributed by atoms with van der Waals surface area (Å²) in [6, 6.07) is 0. The molecule has 0 spiro atoms. The summed E-state index contributed by atoms with van der Waals surface area (Å²) >= 11 is 0. The van der Waals surface area contributed by atoms with Crippen LogP contribution in [0.2, 0.25) is 0 Å². The summed E-state index contributed by atoms with van der Waals surface area (Å²) in [7, 11) is 0. The van der Waals surface area contributed by atoms with Gasteiger partial charge in [0.1, 0.15) is 23.6 Å². The second kappa shape index (κ2) is 2.24. The van der Waals surface area contributed by atoms with Crippen LogP contribution in [0.15, 0.2) is 10.3 Å². The van der Waals surface area contributed by atoms with Crippen molar-refractivity contribution in [2.45, 2.75) is 12.2 Å². The van der Waals surface area contributed by atoms with E-state index in [4.69, 9.17) is 20.6 Å². The van der Waals surface area contributed by atoms with Crippen molar-refractivity contribution in [3.8, 4) is 0 Å². The molecule has 0 heterocycles. The van der Waals surface area contributed by atoms with Crippen LogP contribution >= 0.6 is 0 Å². The molecule has 0 aromatic heterocycles. The highest BCUT2D eigenvalue weighted by molar-refractivity contribution is 6.52. The standard InChI is InChI=1S/C4H6N2O4/c7-3-1(5-9)2(6-10)4(3)8/h3-4,7-10H/b5-1-,6-2-/t3-,4-/m0/s1. The summed E-state index contributed by atoms with van der Waals surface area (Å²) in [5.74, 6) is 0. The number of oxime groups is 2. The molecule has 0 unspecified atom stereocenters. The Bertz CT molecular complexity index is 177. The van der Waals surface area contributed by atoms with Crippen LogP contribution < -0.4 is 0 Å². The Hall–Kier alpha value is -1.14. The number of aliphatic hydroxyl groups is 2. The van der Waals surface area contributed by atoms with Gasteiger partial charge in [0.25, 0.3) is 0 Å². The SMILES string of the molecule is O/N=C1/C(=N/O)[C@H](O)[C@H]1O. The first kappa shape index (κ1) is 6.97. The Labute approximate surface area is 55.7 Å². The van der Waals surface area contributed by atoms with Gasteiger partial charge in [0.05, 0.1) is 0 Å². The van der Waals surface area contributed by atoms with Gasteiger partial charge in [-0.1, -0.05) is 10.3 Å². The summed E-state index contributed by atoms with van der Waals surface area (Å²) in [4.78, 5) is 0. The fourth-order valence-corrected chi connectivity index (χ4v) is 0.727. The quantitative estimate of drug-likeness (QED) is 0.243. The first-order chi connectivity index (χ1) is 4.72. The minimum atomic E-state index is -1.24. The zero-order chi connectivity index (χ0) is 7.72. The van der Waals surface area contributed by atoms with Crippen LogP contribution in [0.25, 0.3) is 0 Å². The van der Waals surface area contributed by atoms with Crippen LogP contribution in [0.3, 0.4) is 0 Å². The van der Waals surface area contributed by atoms with Gasteiger partial charge < -0.3 is 20.6 Å². The minimum Gasteiger partial charge on any atom is -0.411 e. The third-order valence-electron chi connectivity index (χ3n) is 1.34. The zero-order valence-electron chi connectivity index (χ0n) is 4.84. The molecule has 1 fully saturated rings. The number of hydrogen-bond acceptors (Lipinski definition) is 6. The molecule has 56 valence electrons. The van der Waals surface area contributed by atoms with Crippen LogP contribution in [0.5, 0.6) is 0 Å². The van der Waals surface area contributed by atoms with E-state index in [-0.39, 0.29) is 11.4 Å². The third kappa shape index (κ3) is 0.662. The van der Waals surface area contributed by atoms with Crippen molar-refractivity contribution in [2.75, 3.05) is 0 Å². The Morgan fingerprint density at radius 2 is 1.20 bits per heavy atom. The van der Waals surface area contributed by atoms with Crippen LogP contribution in [-0.4, -0.2) is 44.3 Å². The average molecular weight is 146 g/mol. The van der Waals surface area contributed by atoms with Gasteiger partial charge in [-0.2, -0.15) is 0 Å². The van der Waals surface area contributed by atoms with Crippen LogP contribution in [0.1, 0.15) is 0 Å². The molecule has 1 rings (SSSR count). The predicted octanol–water partition coefficient (Wildman–Crippen LogP) is -1.62. The maximum Gasteiger partial charge on any atom is 0.139 e. The Morgan fingerprint density at radius 1 is 0.900 bits per heavy atom. The topological polar surface area (TPSA) is 106 Å². The summed E-state index contributed by atoms with van der Waals surface area (Å²) < 4.78 is 0. The molecule has 0 aromatic carbocycles. The third-order valence-corrected chi connectivity index (χ3v) is 1.34. The fraction of sp³-hybridized carbons (Fsp3) is 0.500. The molecule has 1 saturated carbocycles. The molecule has 6 nitrogen and oxygen atoms in total. The van der Waals surface area contributed by atoms with E-state index in [0.717, 1.165) is 0 Å². The molecule has 10 heavy (non-hydrogen) atoms. The molecule has 2 atom stereocenters. The van der Waals surface area contributed by atoms with Crippen molar-refractivity contribution < 1.29 is 20.6 Å². The summed E-state index contributed by atoms with van der Waals surface area (Å²) in [5.41, 5.74) is -0.398. The zero-order valence-corrected chi connectivity index (χ0v) is 4.84. The first-order valence-electron chi connectivity index (χ1n) is 2.52. The summed E-state index contributed by atoms with van der Waals surface area (Å²) in [5, 5.41) is 38.9. The van der Waals surface area contributed by atoms with Gasteiger partial charge in [0.15, 0.2) is 0 Å². The van der Waals surface area contributed by atoms with Gasteiger partial charge in [0.2, 0.25) is 0 Å². The predicted molar refractivity (Wildman–Crippen MR) is 30.5 cm³/mol. The van der Waals surface area contributed by atoms with Crippen molar-refractivity contribution in [3.05, 3.63) is 0 Å². The lowest BCUT2D eigenvalue weighted by molar-refractivity contribution is 0.0854. The van der Waals surface area contributed by atoms with E-state index >= 15 is 0 Å². The average Bonchev–Trinajstić information content (AvgIpc) is 1.97. The maximum atomic E-state index is 8.75. The van der Waals surface area contributed by atoms with Gasteiger partial charge in [-0.15, -0.1) is 0 Å². The molecular weight excluding hydrogens is 140 g/mol. The summed E-state index contributed by atoms with van der Waals surface area (Å²) in [6.45, 7) is 0. The maximum absolute atomic E-state index is 8.75. The molecular formula is C4H6N2O4. The van der Waals surface area contributed by atoms with Gasteiger partial charge >= 0.3 is 0 Å². The lowest BCUT2D eigenvalue weighted by atomic mass is 9.87. The van der Waals surface area contributed by atoms with Gasteiger partial charge in [-0.25, -0.2) is 0 Å². The molecule has 0 saturated heterocycles. The number of hydrogen-bond donors (Lipinski definition) is 4. The normalized spacial score (nSPS) is 40.2. The van der Waals surface area contributed by atoms with Crippen LogP contribution in [0.4, 0.5) is 0 Å². The fourth-order valence-electron chi connectivity index (χ4n) is 0.727. The number of rotatable bonds is 0. The lowest BCUT2D eigenvalue weighted by Crippen LogP contribution is -2.57. The number of aliphatic hydroxyl groups excluding tert-OH is 2. The smallest absolute Gasteiger partial charge is 0.139 e. The van der Waals surface area contributed by atoms with E-state index in [1.807, 2.05) is 0 Å². The van der Waals surface area contributed by atoms with E-state index in [2.05, 4.69) is 10.3 Å². The van der Waals surface area contributed by atoms with Gasteiger partial charge in [-0.05, 0) is 0 Å². The van der Waals surface area contributed by atoms with Crippen molar-refractivity contribution >= 4 is 11.4 Å². The van der Waals surface area contributed by atoms with E-state index in [0.29, 0.717) is 0 Å². The van der Waals surface area contributed by atoms with E-state index in [1.165, 1.54) is 0 Å². The monoisotopic (exact) mass is 146 g/mol. The highest BCUT2D eigenvalue weighted by Gasteiger charge is 2.43. The largest absolute Gasteiger partial charge is 0.411 e. The minimum absolute atomic E-state index is 0.199. The second-order valence-corrected chi connectivity index (χ2v) is 1.86. The molecule has 1 aliphatic rings. The molecule has 0 amide bonds. The second-order valence-electron chi connectivity index (χ2n) is 1.86. The van der Waals surface area contributed by atoms with Crippen molar-refractivity contribution in [1.29, 1.82) is 0 Å². The first-order valence-corrected chi connectivity index (χ1v) is 2.52. The van der Waals surface area contributed by atoms with Crippen molar-refractivity contribution in [2.24, 2.45) is 10.3 Å². The Morgan fingerprint density at radius 3 is 1.40 bits per heavy atom. The molecule has 0 aliphatic heterocycles. The lowest BCUT2D eigenvalue weighted by Gasteiger charge is -2.28. The molecule has 0 bridgehead atoms. The summed E-state index contributed by atoms with van der Waals surface area (Å²) in [6.07, 6.45) is -2.48. The van der Waals surface area contributed by atoms with E-state index in [1.54, 1.807) is 0 Å². The van der Waals surface area contributed by atoms with Crippen molar-refractivity contribution in [1.82, 2.24) is 0 Å². The molecule has 4 N–H and O–H groups in total. The molecule has 0 aromatic rings. The van der Waals surface area contributed by atoms with E-state index in [9.17, 15) is 0 Å². The Kier molecular flexibility index (Phi) is 1.56. The molecule has 1 aliphatic carbocycles. The van der Waals surface area contributed by atoms with Crippen LogP contribution in [0, 0.1) is 0 Å². The van der Waals surface area contributed by atoms with Crippen molar-refractivity contribution in [3.63, 3.8) is 0 Å². The number of nitrogens with zero attached hydrogens (tertiary/aromatic N) is 2. The van der Waals surface area contributed by atoms with E-state index < -0.39 is 12.2 Å². The van der Waals surface area contributed by atoms with Crippen LogP contribution in [-0.2, 0) is 0 Å². The molecule has 6 heteroatoms. The highest BCUT2D eigenvalue weighted by Crippen LogP contribution is 2.14. The molecule has 0 radical (unpaired) electrons.